The third-order valence-electron chi connectivity index (χ3n) is 27.8. The largest absolute Gasteiger partial charge is 0.368 e. The van der Waals surface area contributed by atoms with Crippen LogP contribution in [0.5, 0.6) is 0 Å². The monoisotopic (exact) mass is 1900 g/mol. The lowest BCUT2D eigenvalue weighted by Gasteiger charge is -2.39. The Morgan fingerprint density at radius 3 is 1.17 bits per heavy atom. The number of nitrogens with one attached hydrogen (secondary N) is 3. The second-order valence-electron chi connectivity index (χ2n) is 36.0. The van der Waals surface area contributed by atoms with Crippen LogP contribution < -0.4 is 26.6 Å². The normalized spacial score (nSPS) is 19.8. The van der Waals surface area contributed by atoms with Crippen LogP contribution in [0.4, 0.5) is 18.9 Å². The number of carbonyl (C=O) groups excluding carboxylic acids is 4. The van der Waals surface area contributed by atoms with Gasteiger partial charge in [0.05, 0.1) is 117 Å². The first-order valence-corrected chi connectivity index (χ1v) is 48.4. The fraction of sp³-hybridized carbons (Fsp3) is 0.392. The average molecular weight is 1910 g/mol. The molecule has 20 rings (SSSR count). The molecule has 7 unspecified atom stereocenters. The molecule has 12 aromatic rings. The lowest BCUT2D eigenvalue weighted by atomic mass is 9.97. The number of hydrogen-bond acceptors (Lipinski definition) is 13. The number of rotatable bonds is 16. The Labute approximate surface area is 797 Å². The minimum atomic E-state index is -0.646. The number of halogens is 9. The predicted molar refractivity (Wildman–Crippen MR) is 524 cm³/mol. The van der Waals surface area contributed by atoms with E-state index in [4.69, 9.17) is 75.3 Å². The lowest BCUT2D eigenvalue weighted by molar-refractivity contribution is -0.137. The van der Waals surface area contributed by atoms with E-state index in [1.165, 1.54) is 29.3 Å². The molecule has 1 saturated carbocycles. The highest BCUT2D eigenvalue weighted by Crippen LogP contribution is 2.40. The molecule has 0 radical (unpaired) electrons. The van der Waals surface area contributed by atoms with Crippen LogP contribution in [0, 0.1) is 17.5 Å². The molecule has 21 nitrogen and oxygen atoms in total. The zero-order chi connectivity index (χ0) is 92.2. The molecule has 8 aliphatic rings. The zero-order valence-corrected chi connectivity index (χ0v) is 79.1. The van der Waals surface area contributed by atoms with Crippen molar-refractivity contribution < 1.29 is 32.3 Å². The van der Waals surface area contributed by atoms with Gasteiger partial charge < -0.3 is 64.5 Å². The van der Waals surface area contributed by atoms with Crippen molar-refractivity contribution >= 4 is 160 Å². The molecule has 690 valence electrons. The Bertz CT molecular complexity index is 6370. The van der Waals surface area contributed by atoms with Gasteiger partial charge in [0, 0.05) is 124 Å². The molecule has 4 saturated heterocycles. The molecule has 4 aromatic heterocycles. The maximum Gasteiger partial charge on any atom is 0.242 e. The molecule has 0 spiro atoms. The van der Waals surface area contributed by atoms with Gasteiger partial charge in [-0.1, -0.05) is 150 Å². The Morgan fingerprint density at radius 1 is 0.386 bits per heavy atom. The average Bonchev–Trinajstić information content (AvgIpc) is 1.63. The Balaban J connectivity index is 0.000000123. The third kappa shape index (κ3) is 20.6. The van der Waals surface area contributed by atoms with Gasteiger partial charge in [-0.25, -0.2) is 33.1 Å². The number of nitrogens with two attached hydrogens (primary N) is 1. The van der Waals surface area contributed by atoms with E-state index >= 15 is 4.39 Å². The van der Waals surface area contributed by atoms with E-state index in [9.17, 15) is 28.0 Å². The maximum absolute atomic E-state index is 15.1. The van der Waals surface area contributed by atoms with Crippen molar-refractivity contribution in [3.63, 3.8) is 0 Å². The molecule has 5 fully saturated rings. The fourth-order valence-corrected chi connectivity index (χ4v) is 21.4. The highest BCUT2D eigenvalue weighted by atomic mass is 35.5. The molecule has 7 aliphatic heterocycles. The van der Waals surface area contributed by atoms with E-state index in [1.54, 1.807) is 55.4 Å². The van der Waals surface area contributed by atoms with Gasteiger partial charge in [0.2, 0.25) is 23.6 Å². The minimum Gasteiger partial charge on any atom is -0.368 e. The van der Waals surface area contributed by atoms with Crippen molar-refractivity contribution in [3.05, 3.63) is 270 Å². The first-order valence-electron chi connectivity index (χ1n) is 46.1. The molecule has 7 atom stereocenters. The van der Waals surface area contributed by atoms with Crippen molar-refractivity contribution in [2.45, 2.75) is 172 Å². The fourth-order valence-electron chi connectivity index (χ4n) is 19.9. The first kappa shape index (κ1) is 93.7. The Morgan fingerprint density at radius 2 is 0.765 bits per heavy atom. The van der Waals surface area contributed by atoms with Crippen LogP contribution >= 0.6 is 69.6 Å². The predicted octanol–water partition coefficient (Wildman–Crippen LogP) is 20.7. The number of amides is 4. The summed E-state index contributed by atoms with van der Waals surface area (Å²) in [6.07, 6.45) is 27.7. The number of anilines is 1. The summed E-state index contributed by atoms with van der Waals surface area (Å²) in [5.41, 5.74) is 23.2. The summed E-state index contributed by atoms with van der Waals surface area (Å²) in [5.74, 6) is -0.225. The number of nitrogens with zero attached hydrogens (tertiary/aromatic N) is 13. The van der Waals surface area contributed by atoms with Gasteiger partial charge in [-0.2, -0.15) is 0 Å². The van der Waals surface area contributed by atoms with Crippen LogP contribution in [0.25, 0.3) is 60.9 Å². The summed E-state index contributed by atoms with van der Waals surface area (Å²) < 4.78 is 52.3. The van der Waals surface area contributed by atoms with Crippen molar-refractivity contribution in [2.75, 3.05) is 90.0 Å². The summed E-state index contributed by atoms with van der Waals surface area (Å²) in [4.78, 5) is 79.4. The number of carbonyl (C=O) groups is 4. The summed E-state index contributed by atoms with van der Waals surface area (Å²) in [6, 6.07) is 42.1. The van der Waals surface area contributed by atoms with Crippen LogP contribution in [0.3, 0.4) is 0 Å². The number of aromatic nitrogens is 8. The lowest BCUT2D eigenvalue weighted by Crippen LogP contribution is -2.58. The number of piperazine rings is 1. The van der Waals surface area contributed by atoms with Crippen LogP contribution in [-0.2, 0) is 19.2 Å². The number of fused-ring (bicyclic) bond motifs is 4. The quantitative estimate of drug-likeness (QED) is 0.0709. The van der Waals surface area contributed by atoms with Crippen molar-refractivity contribution in [3.8, 4) is 0 Å². The summed E-state index contributed by atoms with van der Waals surface area (Å²) in [5, 5.41) is 13.2. The molecular formula is C102H110Cl6F3N17O4. The maximum atomic E-state index is 15.1. The number of imidazole rings is 4. The summed E-state index contributed by atoms with van der Waals surface area (Å²) in [7, 11) is 0. The smallest absolute Gasteiger partial charge is 0.242 e. The van der Waals surface area contributed by atoms with E-state index < -0.39 is 5.54 Å². The molecule has 4 amide bonds. The number of piperidine rings is 2. The SMILES string of the molecule is CC(c1ccc(Cl)cc1Cl)n1cnc2cc(F)c(C3=CCN(C(=O)C4CCCCN4)CC3)cc21.CC(c1ccc(Cl)cc1Cl)n1cnc2ccc(N3CCN(C(=O)C4(N)CCCC4)CC3)cc21.CC(c1ccc(Cl)cc1F)n1cnc2ccc(C3=CCN(C(=O)C4CCCCN4)CC3)cc21.CC(c1ccc(Cl)cc1F)n1cnc2ccc(C3=CCN(C(=O)C4CCCN4)CC3)cc21. The van der Waals surface area contributed by atoms with Gasteiger partial charge in [-0.3, -0.25) is 19.2 Å². The Kier molecular flexibility index (Phi) is 29.4. The molecule has 30 heteroatoms. The highest BCUT2D eigenvalue weighted by Gasteiger charge is 2.41. The van der Waals surface area contributed by atoms with E-state index in [-0.39, 0.29) is 83.4 Å². The molecular weight excluding hydrogens is 1800 g/mol. The topological polar surface area (TPSA) is 218 Å². The van der Waals surface area contributed by atoms with Gasteiger partial charge in [-0.05, 0) is 254 Å². The van der Waals surface area contributed by atoms with E-state index in [0.717, 1.165) is 208 Å². The van der Waals surface area contributed by atoms with Crippen LogP contribution in [0.1, 0.15) is 187 Å². The van der Waals surface area contributed by atoms with Crippen LogP contribution in [-0.4, -0.2) is 190 Å². The summed E-state index contributed by atoms with van der Waals surface area (Å²) >= 11 is 36.9. The third-order valence-corrected chi connectivity index (χ3v) is 29.4. The second kappa shape index (κ2) is 41.4. The van der Waals surface area contributed by atoms with Crippen LogP contribution in [0.2, 0.25) is 30.1 Å². The van der Waals surface area contributed by atoms with Gasteiger partial charge in [0.1, 0.15) is 17.5 Å². The standard InChI is InChI=1S/C26H27Cl2FN4O.C26H28ClFN4O.C25H29Cl2N5O.C25H26ClFN4O/c1-16(19-6-5-18(27)12-21(19)28)33-15-31-24-14-22(29)20(13-25(24)33)17-7-10-32(11-8-17)26(34)23-4-2-3-9-30-23;1-17(21-7-6-20(27)15-22(21)28)32-16-30-23-8-5-19(14-25(23)32)18-9-12-31(13-10-18)26(33)24-4-2-3-11-29-24;1-17(20-6-4-18(26)14-21(20)27)32-16-29-22-7-5-19(15-23(22)32)30-10-12-31(13-11-30)24(33)25(28)8-2-3-9-25;1-16(20-6-5-19(26)14-21(20)27)31-15-29-22-7-4-18(13-24(22)31)17-8-11-30(12-9-17)25(32)23-3-2-10-28-23/h5-7,12-16,23,30H,2-4,8-11H2,1H3;5-9,14-17,24,29H,2-4,10-13H2,1H3;4-7,14-17H,2-3,8-13,28H2,1H3;4-8,13-16,23,28H,2-3,9-12H2,1H3. The molecule has 132 heavy (non-hydrogen) atoms. The zero-order valence-electron chi connectivity index (χ0n) is 74.6. The molecule has 1 aliphatic carbocycles. The number of benzene rings is 8. The van der Waals surface area contributed by atoms with E-state index in [2.05, 4.69) is 107 Å². The van der Waals surface area contributed by atoms with E-state index in [0.29, 0.717) is 98.0 Å². The molecule has 5 N–H and O–H groups in total. The van der Waals surface area contributed by atoms with Crippen molar-refractivity contribution in [1.82, 2.24) is 73.8 Å². The van der Waals surface area contributed by atoms with Gasteiger partial charge in [-0.15, -0.1) is 0 Å². The molecule has 8 aromatic carbocycles. The minimum absolute atomic E-state index is 0.0108. The first-order chi connectivity index (χ1) is 63.8. The molecule has 0 bridgehead atoms. The van der Waals surface area contributed by atoms with Gasteiger partial charge in [0.25, 0.3) is 0 Å². The second-order valence-corrected chi connectivity index (χ2v) is 38.5. The van der Waals surface area contributed by atoms with Crippen molar-refractivity contribution in [1.29, 1.82) is 0 Å². The van der Waals surface area contributed by atoms with Gasteiger partial charge >= 0.3 is 0 Å². The molecule has 11 heterocycles. The van der Waals surface area contributed by atoms with Gasteiger partial charge in [0.15, 0.2) is 0 Å². The van der Waals surface area contributed by atoms with Crippen LogP contribution in [0.15, 0.2) is 183 Å². The van der Waals surface area contributed by atoms with E-state index in [1.807, 2.05) is 109 Å². The highest BCUT2D eigenvalue weighted by molar-refractivity contribution is 6.36. The Hall–Kier alpha value is -10.1. The van der Waals surface area contributed by atoms with Crippen molar-refractivity contribution in [2.24, 2.45) is 5.73 Å². The number of hydrogen-bond donors (Lipinski definition) is 4. The summed E-state index contributed by atoms with van der Waals surface area (Å²) in [6.45, 7) is 17.6.